The third-order valence-corrected chi connectivity index (χ3v) is 4.47. The maximum Gasteiger partial charge on any atom is 0.122 e. The molecule has 0 radical (unpaired) electrons. The highest BCUT2D eigenvalue weighted by Crippen LogP contribution is 2.40. The minimum Gasteiger partial charge on any atom is -0.376 e. The van der Waals surface area contributed by atoms with Crippen molar-refractivity contribution in [1.82, 2.24) is 10.2 Å². The zero-order chi connectivity index (χ0) is 13.9. The normalized spacial score (nSPS) is 31.7. The van der Waals surface area contributed by atoms with Crippen LogP contribution in [0.2, 0.25) is 0 Å². The molecule has 4 nitrogen and oxygen atoms in total. The fourth-order valence-corrected chi connectivity index (χ4v) is 3.19. The number of ether oxygens (including phenoxy) is 1. The molecule has 0 aromatic heterocycles. The zero-order valence-electron chi connectivity index (χ0n) is 12.5. The Morgan fingerprint density at radius 3 is 2.68 bits per heavy atom. The highest BCUT2D eigenvalue weighted by molar-refractivity contribution is 5.17. The van der Waals surface area contributed by atoms with Crippen LogP contribution in [-0.2, 0) is 4.74 Å². The minimum atomic E-state index is -0.348. The Bertz CT molecular complexity index is 337. The van der Waals surface area contributed by atoms with Crippen LogP contribution in [0.4, 0.5) is 0 Å². The number of nitrogens with one attached hydrogen (secondary N) is 1. The molecule has 0 aromatic carbocycles. The molecule has 4 heteroatoms. The molecule has 1 N–H and O–H groups in total. The second-order valence-electron chi connectivity index (χ2n) is 6.02. The van der Waals surface area contributed by atoms with Crippen LogP contribution in [-0.4, -0.2) is 48.8 Å². The van der Waals surface area contributed by atoms with Gasteiger partial charge in [-0.15, -0.1) is 0 Å². The van der Waals surface area contributed by atoms with Crippen molar-refractivity contribution < 1.29 is 4.74 Å². The standard InChI is InChI=1S/C15H27N3O/c1-4-14-9-19-12(3)8-18(14)11-15(10-16,17-5-2)13-6-7-13/h12-14,17H,4-9,11H2,1-3H3. The molecular weight excluding hydrogens is 238 g/mol. The molecule has 0 aromatic rings. The molecule has 108 valence electrons. The summed E-state index contributed by atoms with van der Waals surface area (Å²) in [6.07, 6.45) is 3.75. The number of nitrogens with zero attached hydrogens (tertiary/aromatic N) is 2. The van der Waals surface area contributed by atoms with Crippen LogP contribution in [0.5, 0.6) is 0 Å². The minimum absolute atomic E-state index is 0.278. The molecule has 0 spiro atoms. The van der Waals surface area contributed by atoms with Gasteiger partial charge < -0.3 is 4.74 Å². The van der Waals surface area contributed by atoms with E-state index in [1.807, 2.05) is 0 Å². The van der Waals surface area contributed by atoms with Crippen LogP contribution in [0, 0.1) is 17.2 Å². The van der Waals surface area contributed by atoms with Gasteiger partial charge in [-0.1, -0.05) is 13.8 Å². The van der Waals surface area contributed by atoms with Gasteiger partial charge in [-0.25, -0.2) is 0 Å². The van der Waals surface area contributed by atoms with Gasteiger partial charge >= 0.3 is 0 Å². The summed E-state index contributed by atoms with van der Waals surface area (Å²) in [5.41, 5.74) is -0.348. The molecule has 0 amide bonds. The molecule has 1 saturated carbocycles. The summed E-state index contributed by atoms with van der Waals surface area (Å²) < 4.78 is 5.75. The first kappa shape index (κ1) is 14.8. The second kappa shape index (κ2) is 6.21. The number of hydrogen-bond acceptors (Lipinski definition) is 4. The van der Waals surface area contributed by atoms with E-state index in [1.165, 1.54) is 12.8 Å². The fraction of sp³-hybridized carbons (Fsp3) is 0.933. The van der Waals surface area contributed by atoms with Crippen molar-refractivity contribution in [2.24, 2.45) is 5.92 Å². The highest BCUT2D eigenvalue weighted by atomic mass is 16.5. The van der Waals surface area contributed by atoms with Crippen molar-refractivity contribution in [3.63, 3.8) is 0 Å². The number of hydrogen-bond donors (Lipinski definition) is 1. The summed E-state index contributed by atoms with van der Waals surface area (Å²) in [6.45, 7) is 9.87. The molecule has 1 heterocycles. The molecule has 1 aliphatic carbocycles. The van der Waals surface area contributed by atoms with Crippen molar-refractivity contribution in [3.05, 3.63) is 0 Å². The lowest BCUT2D eigenvalue weighted by molar-refractivity contribution is -0.0626. The average molecular weight is 265 g/mol. The molecule has 3 unspecified atom stereocenters. The van der Waals surface area contributed by atoms with Crippen LogP contribution in [0.15, 0.2) is 0 Å². The van der Waals surface area contributed by atoms with Gasteiger partial charge in [0.15, 0.2) is 0 Å². The van der Waals surface area contributed by atoms with Crippen LogP contribution in [0.3, 0.4) is 0 Å². The first-order valence-electron chi connectivity index (χ1n) is 7.67. The topological polar surface area (TPSA) is 48.3 Å². The number of nitriles is 1. The largest absolute Gasteiger partial charge is 0.376 e. The summed E-state index contributed by atoms with van der Waals surface area (Å²) in [5.74, 6) is 0.535. The first-order chi connectivity index (χ1) is 9.15. The Kier molecular flexibility index (Phi) is 4.83. The number of rotatable bonds is 6. The SMILES string of the molecule is CCNC(C#N)(CN1CC(C)OCC1CC)C1CC1. The summed E-state index contributed by atoms with van der Waals surface area (Å²) in [5, 5.41) is 13.2. The lowest BCUT2D eigenvalue weighted by Gasteiger charge is -2.42. The van der Waals surface area contributed by atoms with Crippen LogP contribution in [0.25, 0.3) is 0 Å². The summed E-state index contributed by atoms with van der Waals surface area (Å²) in [6, 6.07) is 3.05. The Balaban J connectivity index is 2.08. The highest BCUT2D eigenvalue weighted by Gasteiger charge is 2.47. The third-order valence-electron chi connectivity index (χ3n) is 4.47. The summed E-state index contributed by atoms with van der Waals surface area (Å²) in [4.78, 5) is 2.47. The molecule has 2 aliphatic rings. The van der Waals surface area contributed by atoms with E-state index in [4.69, 9.17) is 4.74 Å². The maximum absolute atomic E-state index is 9.70. The molecule has 1 aliphatic heterocycles. The predicted octanol–water partition coefficient (Wildman–Crippen LogP) is 1.77. The Morgan fingerprint density at radius 2 is 2.16 bits per heavy atom. The Hall–Kier alpha value is -0.630. The molecule has 1 saturated heterocycles. The molecular formula is C15H27N3O. The smallest absolute Gasteiger partial charge is 0.122 e. The average Bonchev–Trinajstić information content (AvgIpc) is 3.23. The van der Waals surface area contributed by atoms with Gasteiger partial charge in [-0.05, 0) is 38.6 Å². The summed E-state index contributed by atoms with van der Waals surface area (Å²) in [7, 11) is 0. The summed E-state index contributed by atoms with van der Waals surface area (Å²) >= 11 is 0. The van der Waals surface area contributed by atoms with E-state index in [-0.39, 0.29) is 11.6 Å². The van der Waals surface area contributed by atoms with Crippen molar-refractivity contribution in [3.8, 4) is 6.07 Å². The zero-order valence-corrected chi connectivity index (χ0v) is 12.5. The molecule has 3 atom stereocenters. The molecule has 2 fully saturated rings. The Morgan fingerprint density at radius 1 is 1.42 bits per heavy atom. The van der Waals surface area contributed by atoms with Gasteiger partial charge in [0.25, 0.3) is 0 Å². The van der Waals surface area contributed by atoms with Crippen LogP contribution < -0.4 is 5.32 Å². The van der Waals surface area contributed by atoms with Gasteiger partial charge in [0.2, 0.25) is 0 Å². The Labute approximate surface area is 117 Å². The predicted molar refractivity (Wildman–Crippen MR) is 75.8 cm³/mol. The lowest BCUT2D eigenvalue weighted by atomic mass is 9.92. The third kappa shape index (κ3) is 3.28. The van der Waals surface area contributed by atoms with Crippen molar-refractivity contribution in [1.29, 1.82) is 5.26 Å². The number of likely N-dealkylation sites (N-methyl/N-ethyl adjacent to an activating group) is 1. The molecule has 0 bridgehead atoms. The van der Waals surface area contributed by atoms with E-state index in [1.54, 1.807) is 0 Å². The second-order valence-corrected chi connectivity index (χ2v) is 6.02. The molecule has 19 heavy (non-hydrogen) atoms. The number of morpholine rings is 1. The maximum atomic E-state index is 9.70. The van der Waals surface area contributed by atoms with Crippen molar-refractivity contribution >= 4 is 0 Å². The van der Waals surface area contributed by atoms with Crippen molar-refractivity contribution in [2.45, 2.75) is 57.7 Å². The fourth-order valence-electron chi connectivity index (χ4n) is 3.19. The molecule has 2 rings (SSSR count). The van der Waals surface area contributed by atoms with Gasteiger partial charge in [0.1, 0.15) is 5.54 Å². The van der Waals surface area contributed by atoms with E-state index >= 15 is 0 Å². The van der Waals surface area contributed by atoms with E-state index in [2.05, 4.69) is 37.1 Å². The van der Waals surface area contributed by atoms with E-state index < -0.39 is 0 Å². The first-order valence-corrected chi connectivity index (χ1v) is 7.67. The quantitative estimate of drug-likeness (QED) is 0.795. The van der Waals surface area contributed by atoms with Crippen molar-refractivity contribution in [2.75, 3.05) is 26.2 Å². The van der Waals surface area contributed by atoms with Gasteiger partial charge in [0.05, 0.1) is 18.8 Å². The lowest BCUT2D eigenvalue weighted by Crippen LogP contribution is -2.59. The van der Waals surface area contributed by atoms with Gasteiger partial charge in [-0.2, -0.15) is 5.26 Å². The van der Waals surface area contributed by atoms with Crippen LogP contribution >= 0.6 is 0 Å². The van der Waals surface area contributed by atoms with Gasteiger partial charge in [-0.3, -0.25) is 10.2 Å². The van der Waals surface area contributed by atoms with Gasteiger partial charge in [0, 0.05) is 19.1 Å². The van der Waals surface area contributed by atoms with E-state index in [9.17, 15) is 5.26 Å². The van der Waals surface area contributed by atoms with E-state index in [0.29, 0.717) is 12.0 Å². The monoisotopic (exact) mass is 265 g/mol. The van der Waals surface area contributed by atoms with E-state index in [0.717, 1.165) is 32.7 Å². The van der Waals surface area contributed by atoms with Crippen LogP contribution in [0.1, 0.15) is 40.0 Å².